The number of hydrogen-bond donors (Lipinski definition) is 3. The first-order valence-corrected chi connectivity index (χ1v) is 12.1. The van der Waals surface area contributed by atoms with Crippen LogP contribution in [0.3, 0.4) is 0 Å². The van der Waals surface area contributed by atoms with Crippen LogP contribution in [0.4, 0.5) is 5.82 Å². The van der Waals surface area contributed by atoms with E-state index in [-0.39, 0.29) is 6.04 Å². The van der Waals surface area contributed by atoms with Crippen molar-refractivity contribution in [1.82, 2.24) is 39.9 Å². The van der Waals surface area contributed by atoms with E-state index < -0.39 is 0 Å². The van der Waals surface area contributed by atoms with E-state index in [2.05, 4.69) is 64.2 Å². The maximum Gasteiger partial charge on any atom is 0.218 e. The molecule has 0 amide bonds. The van der Waals surface area contributed by atoms with E-state index in [4.69, 9.17) is 4.74 Å². The Kier molecular flexibility index (Phi) is 5.89. The van der Waals surface area contributed by atoms with E-state index in [9.17, 15) is 0 Å². The molecule has 6 aromatic heterocycles. The highest BCUT2D eigenvalue weighted by Crippen LogP contribution is 2.35. The van der Waals surface area contributed by atoms with Crippen molar-refractivity contribution in [2.45, 2.75) is 25.8 Å². The van der Waals surface area contributed by atoms with Gasteiger partial charge >= 0.3 is 0 Å². The summed E-state index contributed by atoms with van der Waals surface area (Å²) in [5.41, 5.74) is 7.21. The lowest BCUT2D eigenvalue weighted by molar-refractivity contribution is 0.388. The lowest BCUT2D eigenvalue weighted by Crippen LogP contribution is -2.14. The van der Waals surface area contributed by atoms with Crippen molar-refractivity contribution in [2.24, 2.45) is 0 Å². The Balaban J connectivity index is 1.41. The van der Waals surface area contributed by atoms with Crippen LogP contribution in [-0.2, 0) is 0 Å². The van der Waals surface area contributed by atoms with Crippen LogP contribution in [0.2, 0.25) is 0 Å². The van der Waals surface area contributed by atoms with Crippen LogP contribution in [0.25, 0.3) is 44.5 Å². The number of H-pyrrole nitrogens is 2. The third-order valence-electron chi connectivity index (χ3n) is 6.41. The van der Waals surface area contributed by atoms with Gasteiger partial charge in [-0.05, 0) is 36.2 Å². The zero-order valence-corrected chi connectivity index (χ0v) is 20.4. The van der Waals surface area contributed by atoms with Crippen LogP contribution in [0, 0.1) is 0 Å². The smallest absolute Gasteiger partial charge is 0.218 e. The Bertz CT molecular complexity index is 1680. The topological polar surface area (TPSA) is 130 Å². The minimum absolute atomic E-state index is 0.0925. The lowest BCUT2D eigenvalue weighted by Gasteiger charge is -2.21. The first kappa shape index (κ1) is 22.6. The summed E-state index contributed by atoms with van der Waals surface area (Å²) in [7, 11) is 1.64. The number of nitrogens with zero attached hydrogens (tertiary/aromatic N) is 6. The van der Waals surface area contributed by atoms with E-state index in [0.29, 0.717) is 17.3 Å². The number of methoxy groups -OCH3 is 1. The standard InChI is InChI=1S/C27H25N9O/c1-3-4-22(36-26-23-25(33-14-32-23)34-15-35-26)20-10-18(12-31-27(20)37-2)17-9-19-21(13-30-24(19)29-11-17)16-5-7-28-8-6-16/h5-15,22H,3-4H2,1-2H3,(H,29,30)(H2,32,33,34,35,36). The second-order valence-electron chi connectivity index (χ2n) is 8.69. The third-order valence-corrected chi connectivity index (χ3v) is 6.41. The fourth-order valence-corrected chi connectivity index (χ4v) is 4.61. The van der Waals surface area contributed by atoms with Crippen molar-refractivity contribution in [3.8, 4) is 28.1 Å². The SMILES string of the molecule is CCCC(Nc1ncnc2nc[nH]c12)c1cc(-c2cnc3[nH]cc(-c4ccncc4)c3c2)cnc1OC. The zero-order valence-electron chi connectivity index (χ0n) is 20.4. The van der Waals surface area contributed by atoms with Gasteiger partial charge in [0.15, 0.2) is 11.5 Å². The molecule has 0 saturated carbocycles. The Hall–Kier alpha value is -4.86. The molecule has 10 heteroatoms. The molecule has 0 aliphatic heterocycles. The minimum atomic E-state index is -0.0925. The van der Waals surface area contributed by atoms with Crippen molar-refractivity contribution in [3.05, 3.63) is 73.5 Å². The molecule has 184 valence electrons. The van der Waals surface area contributed by atoms with E-state index in [1.807, 2.05) is 30.7 Å². The molecule has 0 aromatic carbocycles. The van der Waals surface area contributed by atoms with Gasteiger partial charge in [0.2, 0.25) is 5.88 Å². The molecule has 0 radical (unpaired) electrons. The molecule has 37 heavy (non-hydrogen) atoms. The molecule has 0 aliphatic rings. The molecule has 0 bridgehead atoms. The number of nitrogens with one attached hydrogen (secondary N) is 3. The number of rotatable bonds is 8. The fourth-order valence-electron chi connectivity index (χ4n) is 4.61. The van der Waals surface area contributed by atoms with Gasteiger partial charge in [0.05, 0.1) is 19.5 Å². The molecule has 0 fully saturated rings. The van der Waals surface area contributed by atoms with Crippen molar-refractivity contribution in [3.63, 3.8) is 0 Å². The highest BCUT2D eigenvalue weighted by Gasteiger charge is 2.20. The van der Waals surface area contributed by atoms with Gasteiger partial charge in [-0.2, -0.15) is 0 Å². The fraction of sp³-hybridized carbons (Fsp3) is 0.185. The van der Waals surface area contributed by atoms with Gasteiger partial charge in [-0.1, -0.05) is 13.3 Å². The zero-order chi connectivity index (χ0) is 25.2. The van der Waals surface area contributed by atoms with E-state index in [0.717, 1.165) is 57.2 Å². The van der Waals surface area contributed by atoms with Gasteiger partial charge in [-0.15, -0.1) is 0 Å². The predicted molar refractivity (Wildman–Crippen MR) is 142 cm³/mol. The molecule has 0 spiro atoms. The molecule has 6 rings (SSSR count). The first-order valence-electron chi connectivity index (χ1n) is 12.1. The van der Waals surface area contributed by atoms with Crippen molar-refractivity contribution in [2.75, 3.05) is 12.4 Å². The summed E-state index contributed by atoms with van der Waals surface area (Å²) in [6.45, 7) is 2.15. The van der Waals surface area contributed by atoms with Crippen LogP contribution in [0.15, 0.2) is 67.9 Å². The summed E-state index contributed by atoms with van der Waals surface area (Å²) in [6.07, 6.45) is 14.2. The Morgan fingerprint density at radius 3 is 2.62 bits per heavy atom. The maximum atomic E-state index is 5.68. The van der Waals surface area contributed by atoms with Crippen LogP contribution >= 0.6 is 0 Å². The van der Waals surface area contributed by atoms with Gasteiger partial charge < -0.3 is 20.0 Å². The quantitative estimate of drug-likeness (QED) is 0.261. The highest BCUT2D eigenvalue weighted by atomic mass is 16.5. The molecule has 1 atom stereocenters. The second kappa shape index (κ2) is 9.65. The van der Waals surface area contributed by atoms with Crippen LogP contribution < -0.4 is 10.1 Å². The molecule has 0 saturated heterocycles. The van der Waals surface area contributed by atoms with Gasteiger partial charge in [-0.3, -0.25) is 4.98 Å². The highest BCUT2D eigenvalue weighted by molar-refractivity contribution is 5.95. The average Bonchev–Trinajstić information content (AvgIpc) is 3.60. The maximum absolute atomic E-state index is 5.68. The molecule has 10 nitrogen and oxygen atoms in total. The first-order chi connectivity index (χ1) is 18.2. The molecule has 3 N–H and O–H groups in total. The largest absolute Gasteiger partial charge is 0.481 e. The summed E-state index contributed by atoms with van der Waals surface area (Å²) in [6, 6.07) is 8.15. The number of aromatic nitrogens is 8. The number of hydrogen-bond acceptors (Lipinski definition) is 8. The Morgan fingerprint density at radius 1 is 0.946 bits per heavy atom. The molecule has 6 heterocycles. The number of aromatic amines is 2. The average molecular weight is 492 g/mol. The summed E-state index contributed by atoms with van der Waals surface area (Å²) in [4.78, 5) is 32.8. The van der Waals surface area contributed by atoms with Crippen LogP contribution in [0.5, 0.6) is 5.88 Å². The molecular formula is C27H25N9O. The molecule has 6 aromatic rings. The second-order valence-corrected chi connectivity index (χ2v) is 8.69. The summed E-state index contributed by atoms with van der Waals surface area (Å²) in [5, 5.41) is 4.60. The van der Waals surface area contributed by atoms with Gasteiger partial charge in [0.25, 0.3) is 0 Å². The lowest BCUT2D eigenvalue weighted by atomic mass is 9.98. The molecule has 0 aliphatic carbocycles. The molecular weight excluding hydrogens is 466 g/mol. The summed E-state index contributed by atoms with van der Waals surface area (Å²) >= 11 is 0. The number of fused-ring (bicyclic) bond motifs is 2. The number of imidazole rings is 1. The van der Waals surface area contributed by atoms with Crippen molar-refractivity contribution in [1.29, 1.82) is 0 Å². The van der Waals surface area contributed by atoms with E-state index in [1.54, 1.807) is 25.8 Å². The van der Waals surface area contributed by atoms with Gasteiger partial charge in [-0.25, -0.2) is 24.9 Å². The minimum Gasteiger partial charge on any atom is -0.481 e. The predicted octanol–water partition coefficient (Wildman–Crippen LogP) is 5.32. The van der Waals surface area contributed by atoms with Gasteiger partial charge in [0.1, 0.15) is 17.5 Å². The normalized spacial score (nSPS) is 12.2. The van der Waals surface area contributed by atoms with Crippen LogP contribution in [0.1, 0.15) is 31.4 Å². The molecule has 1 unspecified atom stereocenters. The third kappa shape index (κ3) is 4.22. The van der Waals surface area contributed by atoms with E-state index >= 15 is 0 Å². The monoisotopic (exact) mass is 491 g/mol. The Labute approximate surface area is 212 Å². The number of ether oxygens (including phenoxy) is 1. The Morgan fingerprint density at radius 2 is 1.78 bits per heavy atom. The summed E-state index contributed by atoms with van der Waals surface area (Å²) < 4.78 is 5.68. The van der Waals surface area contributed by atoms with Crippen LogP contribution in [-0.4, -0.2) is 47.0 Å². The number of anilines is 1. The number of pyridine rings is 3. The van der Waals surface area contributed by atoms with Crippen molar-refractivity contribution < 1.29 is 4.74 Å². The summed E-state index contributed by atoms with van der Waals surface area (Å²) in [5.74, 6) is 1.25. The van der Waals surface area contributed by atoms with Crippen molar-refractivity contribution >= 4 is 28.0 Å². The van der Waals surface area contributed by atoms with E-state index in [1.165, 1.54) is 6.33 Å². The van der Waals surface area contributed by atoms with Gasteiger partial charge in [0, 0.05) is 58.6 Å².